The van der Waals surface area contributed by atoms with E-state index in [9.17, 15) is 0 Å². The third kappa shape index (κ3) is 9.24. The van der Waals surface area contributed by atoms with E-state index in [0.717, 1.165) is 18.8 Å². The zero-order chi connectivity index (χ0) is 35.0. The first kappa shape index (κ1) is 35.4. The predicted octanol–water partition coefficient (Wildman–Crippen LogP) is 7.29. The van der Waals surface area contributed by atoms with Gasteiger partial charge >= 0.3 is 0 Å². The summed E-state index contributed by atoms with van der Waals surface area (Å²) in [7, 11) is -0.885. The summed E-state index contributed by atoms with van der Waals surface area (Å²) in [6.07, 6.45) is 10.8. The minimum atomic E-state index is -0.885. The Balaban J connectivity index is 0.000000200. The van der Waals surface area contributed by atoms with Gasteiger partial charge in [-0.15, -0.1) is 0 Å². The number of ether oxygens (including phenoxy) is 1. The van der Waals surface area contributed by atoms with E-state index in [0.29, 0.717) is 6.71 Å². The van der Waals surface area contributed by atoms with Crippen molar-refractivity contribution in [1.29, 1.82) is 0 Å². The number of rotatable bonds is 14. The van der Waals surface area contributed by atoms with E-state index < -0.39 is 9.52 Å². The normalized spacial score (nSPS) is 11.2. The van der Waals surface area contributed by atoms with Crippen molar-refractivity contribution in [2.45, 2.75) is 37.8 Å². The smallest absolute Gasteiger partial charge is 0.241 e. The molecule has 0 amide bonds. The van der Waals surface area contributed by atoms with Gasteiger partial charge in [0.05, 0.1) is 27.6 Å². The molecule has 0 saturated carbocycles. The van der Waals surface area contributed by atoms with Gasteiger partial charge in [0.15, 0.2) is 0 Å². The Kier molecular flexibility index (Phi) is 12.9. The molecule has 0 unspecified atom stereocenters. The second kappa shape index (κ2) is 18.6. The molecule has 254 valence electrons. The van der Waals surface area contributed by atoms with Gasteiger partial charge in [0.25, 0.3) is 0 Å². The van der Waals surface area contributed by atoms with Crippen molar-refractivity contribution in [3.05, 3.63) is 206 Å². The molecule has 0 aliphatic heterocycles. The van der Waals surface area contributed by atoms with Crippen molar-refractivity contribution in [1.82, 2.24) is 9.55 Å². The number of hydrogen-bond acceptors (Lipinski definition) is 2. The van der Waals surface area contributed by atoms with E-state index >= 15 is 0 Å². The highest BCUT2D eigenvalue weighted by atomic mass is 28.2. The van der Waals surface area contributed by atoms with Crippen LogP contribution in [0, 0.1) is 0 Å². The van der Waals surface area contributed by atoms with Gasteiger partial charge in [-0.25, -0.2) is 4.98 Å². The van der Waals surface area contributed by atoms with Crippen molar-refractivity contribution in [3.63, 3.8) is 0 Å². The maximum Gasteiger partial charge on any atom is 0.241 e. The summed E-state index contributed by atoms with van der Waals surface area (Å²) in [5.74, 6) is 0.979. The fraction of sp³-hybridized carbons (Fsp3) is 0.152. The molecule has 0 aliphatic rings. The van der Waals surface area contributed by atoms with Crippen LogP contribution in [0.1, 0.15) is 43.7 Å². The highest BCUT2D eigenvalue weighted by Crippen LogP contribution is 2.33. The van der Waals surface area contributed by atoms with Crippen LogP contribution < -0.4 is 26.3 Å². The molecule has 7 rings (SSSR count). The van der Waals surface area contributed by atoms with Crippen LogP contribution >= 0.6 is 0 Å². The van der Waals surface area contributed by atoms with Gasteiger partial charge < -0.3 is 9.30 Å². The lowest BCUT2D eigenvalue weighted by Gasteiger charge is -2.37. The SMILES string of the molecule is CCCCCCOc1cccc([SiH2]C(c2ccccc2)(c2ccccc2)n2ccnc2)c1.c1ccc(B(c2ccccc2)c2ccccc2)cc1. The van der Waals surface area contributed by atoms with E-state index in [1.807, 2.05) is 12.5 Å². The van der Waals surface area contributed by atoms with Crippen LogP contribution in [0.5, 0.6) is 5.75 Å². The molecule has 0 aliphatic carbocycles. The second-order valence-corrected chi connectivity index (χ2v) is 15.2. The third-order valence-corrected chi connectivity index (χ3v) is 12.0. The lowest BCUT2D eigenvalue weighted by molar-refractivity contribution is 0.305. The summed E-state index contributed by atoms with van der Waals surface area (Å²) in [6, 6.07) is 62.4. The first-order valence-corrected chi connectivity index (χ1v) is 19.7. The summed E-state index contributed by atoms with van der Waals surface area (Å²) >= 11 is 0. The molecule has 3 nitrogen and oxygen atoms in total. The van der Waals surface area contributed by atoms with Crippen LogP contribution in [0.15, 0.2) is 195 Å². The van der Waals surface area contributed by atoms with Crippen molar-refractivity contribution in [2.75, 3.05) is 6.61 Å². The number of hydrogen-bond donors (Lipinski definition) is 0. The molecule has 0 fully saturated rings. The van der Waals surface area contributed by atoms with Crippen molar-refractivity contribution in [2.24, 2.45) is 0 Å². The first-order valence-electron chi connectivity index (χ1n) is 18.2. The maximum absolute atomic E-state index is 6.11. The fourth-order valence-corrected chi connectivity index (χ4v) is 9.34. The molecule has 1 aromatic heterocycles. The zero-order valence-corrected chi connectivity index (χ0v) is 31.0. The zero-order valence-electron chi connectivity index (χ0n) is 29.6. The third-order valence-electron chi connectivity index (χ3n) is 9.47. The van der Waals surface area contributed by atoms with Crippen LogP contribution in [0.4, 0.5) is 0 Å². The first-order chi connectivity index (χ1) is 25.3. The summed E-state index contributed by atoms with van der Waals surface area (Å²) < 4.78 is 8.41. The van der Waals surface area contributed by atoms with Crippen LogP contribution in [-0.2, 0) is 5.16 Å². The fourth-order valence-electron chi connectivity index (χ4n) is 6.95. The van der Waals surface area contributed by atoms with Crippen LogP contribution in [0.2, 0.25) is 0 Å². The quantitative estimate of drug-likeness (QED) is 0.0891. The molecule has 0 saturated heterocycles. The Bertz CT molecular complexity index is 1840. The van der Waals surface area contributed by atoms with Gasteiger partial charge in [0.2, 0.25) is 6.71 Å². The van der Waals surface area contributed by atoms with E-state index in [4.69, 9.17) is 4.74 Å². The van der Waals surface area contributed by atoms with E-state index in [1.54, 1.807) is 0 Å². The molecular formula is C46H47BN2OSi. The minimum absolute atomic E-state index is 0.265. The van der Waals surface area contributed by atoms with Gasteiger partial charge in [-0.05, 0) is 29.7 Å². The van der Waals surface area contributed by atoms with Gasteiger partial charge in [-0.3, -0.25) is 0 Å². The second-order valence-electron chi connectivity index (χ2n) is 13.0. The largest absolute Gasteiger partial charge is 0.494 e. The molecule has 0 radical (unpaired) electrons. The van der Waals surface area contributed by atoms with Crippen molar-refractivity contribution in [3.8, 4) is 5.75 Å². The van der Waals surface area contributed by atoms with Gasteiger partial charge in [-0.1, -0.05) is 212 Å². The van der Waals surface area contributed by atoms with Gasteiger partial charge in [0.1, 0.15) is 5.75 Å². The standard InChI is InChI=1S/C28H32N2OSi.C18H15B/c1-2-3-4-11-21-31-26-17-12-18-27(22-26)32-28(30-20-19-29-23-30,24-13-7-5-8-14-24)25-15-9-6-10-16-25;1-4-10-16(11-5-1)19(17-12-6-2-7-13-17)18-14-8-3-9-15-18/h5-10,12-20,22-23H,2-4,11,21,32H2,1H3;1-15H. The Morgan fingerprint density at radius 2 is 1.10 bits per heavy atom. The maximum atomic E-state index is 6.11. The van der Waals surface area contributed by atoms with Gasteiger partial charge in [0, 0.05) is 12.4 Å². The molecule has 51 heavy (non-hydrogen) atoms. The molecule has 5 heteroatoms. The number of nitrogens with zero attached hydrogens (tertiary/aromatic N) is 2. The summed E-state index contributed by atoms with van der Waals surface area (Å²) in [4.78, 5) is 4.42. The molecule has 1 heterocycles. The van der Waals surface area contributed by atoms with Gasteiger partial charge in [-0.2, -0.15) is 0 Å². The summed E-state index contributed by atoms with van der Waals surface area (Å²) in [6.45, 7) is 3.33. The molecule has 0 atom stereocenters. The van der Waals surface area contributed by atoms with Crippen molar-refractivity contribution >= 4 is 37.8 Å². The predicted molar refractivity (Wildman–Crippen MR) is 220 cm³/mol. The van der Waals surface area contributed by atoms with E-state index in [-0.39, 0.29) is 5.16 Å². The number of benzene rings is 6. The molecular weight excluding hydrogens is 635 g/mol. The number of imidazole rings is 1. The highest BCUT2D eigenvalue weighted by Gasteiger charge is 2.36. The van der Waals surface area contributed by atoms with E-state index in [1.165, 1.54) is 52.0 Å². The van der Waals surface area contributed by atoms with Crippen molar-refractivity contribution < 1.29 is 4.74 Å². The lowest BCUT2D eigenvalue weighted by atomic mass is 9.37. The Hall–Kier alpha value is -5.39. The number of aromatic nitrogens is 2. The Morgan fingerprint density at radius 3 is 1.57 bits per heavy atom. The van der Waals surface area contributed by atoms with Crippen LogP contribution in [-0.4, -0.2) is 32.4 Å². The number of unbranched alkanes of at least 4 members (excludes halogenated alkanes) is 3. The summed E-state index contributed by atoms with van der Waals surface area (Å²) in [5.41, 5.74) is 6.59. The Morgan fingerprint density at radius 1 is 0.588 bits per heavy atom. The average molecular weight is 683 g/mol. The minimum Gasteiger partial charge on any atom is -0.494 e. The monoisotopic (exact) mass is 682 g/mol. The molecule has 6 aromatic carbocycles. The molecule has 0 bridgehead atoms. The molecule has 7 aromatic rings. The summed E-state index contributed by atoms with van der Waals surface area (Å²) in [5, 5.41) is 1.11. The highest BCUT2D eigenvalue weighted by molar-refractivity contribution is 6.95. The topological polar surface area (TPSA) is 27.1 Å². The van der Waals surface area contributed by atoms with Crippen LogP contribution in [0.3, 0.4) is 0 Å². The van der Waals surface area contributed by atoms with Crippen LogP contribution in [0.25, 0.3) is 0 Å². The Labute approximate surface area is 306 Å². The molecule has 0 N–H and O–H groups in total. The average Bonchev–Trinajstić information content (AvgIpc) is 3.75. The molecule has 0 spiro atoms. The van der Waals surface area contributed by atoms with E-state index in [2.05, 4.69) is 199 Å². The lowest BCUT2D eigenvalue weighted by Crippen LogP contribution is -2.51.